The van der Waals surface area contributed by atoms with E-state index < -0.39 is 5.41 Å². The van der Waals surface area contributed by atoms with Gasteiger partial charge in [0.05, 0.1) is 5.41 Å². The molecule has 0 atom stereocenters. The number of nitrogens with zero attached hydrogens (tertiary/aromatic N) is 1. The molecular weight excluding hydrogens is 1270 g/mol. The molecule has 0 unspecified atom stereocenters. The Kier molecular flexibility index (Phi) is 28.6. The molecule has 14 heteroatoms. The second-order valence-corrected chi connectivity index (χ2v) is 36.3. The lowest BCUT2D eigenvalue weighted by Crippen LogP contribution is -2.25. The summed E-state index contributed by atoms with van der Waals surface area (Å²) in [4.78, 5) is 28.0. The highest BCUT2D eigenvalue weighted by Crippen LogP contribution is 2.33. The molecule has 0 bridgehead atoms. The Morgan fingerprint density at radius 2 is 0.719 bits per heavy atom. The molecule has 0 saturated heterocycles. The molecule has 3 aromatic heterocycles. The Bertz CT molecular complexity index is 3750. The summed E-state index contributed by atoms with van der Waals surface area (Å²) < 4.78 is 7.00. The van der Waals surface area contributed by atoms with Gasteiger partial charge in [0, 0.05) is 30.4 Å². The minimum absolute atomic E-state index is 0.139. The van der Waals surface area contributed by atoms with Crippen LogP contribution in [0.25, 0.3) is 31.3 Å². The van der Waals surface area contributed by atoms with Crippen molar-refractivity contribution in [2.45, 2.75) is 172 Å². The van der Waals surface area contributed by atoms with E-state index in [0.717, 1.165) is 40.0 Å². The zero-order valence-electron chi connectivity index (χ0n) is 55.9. The van der Waals surface area contributed by atoms with E-state index in [2.05, 4.69) is 243 Å². The van der Waals surface area contributed by atoms with Gasteiger partial charge in [-0.05, 0) is 159 Å². The molecule has 0 spiro atoms. The van der Waals surface area contributed by atoms with Crippen LogP contribution in [-0.2, 0) is 31.9 Å². The number of carbonyl (C=O) groups is 1. The average Bonchev–Trinajstić information content (AvgIpc) is 3.87. The van der Waals surface area contributed by atoms with E-state index in [1.165, 1.54) is 70.1 Å². The van der Waals surface area contributed by atoms with Crippen molar-refractivity contribution in [2.75, 3.05) is 0 Å². The number of aryl methyl sites for hydroxylation is 1. The maximum atomic E-state index is 11.6. The van der Waals surface area contributed by atoms with Crippen LogP contribution < -0.4 is 14.2 Å². The van der Waals surface area contributed by atoms with Crippen LogP contribution in [0.15, 0.2) is 174 Å². The van der Waals surface area contributed by atoms with Gasteiger partial charge in [-0.2, -0.15) is 0 Å². The third-order valence-electron chi connectivity index (χ3n) is 13.8. The van der Waals surface area contributed by atoms with Crippen molar-refractivity contribution in [3.63, 3.8) is 0 Å². The molecule has 89 heavy (non-hydrogen) atoms. The van der Waals surface area contributed by atoms with Gasteiger partial charge in [0.2, 0.25) is 4.74 Å². The third kappa shape index (κ3) is 26.1. The van der Waals surface area contributed by atoms with Crippen LogP contribution in [0, 0.1) is 16.2 Å². The number of ether oxygens (including phenoxy) is 1. The lowest BCUT2D eigenvalue weighted by atomic mass is 9.86. The van der Waals surface area contributed by atoms with E-state index in [4.69, 9.17) is 46.6 Å². The first-order chi connectivity index (χ1) is 41.1. The van der Waals surface area contributed by atoms with E-state index in [1.807, 2.05) is 52.8 Å². The summed E-state index contributed by atoms with van der Waals surface area (Å²) in [5, 5.41) is 11.9. The molecule has 0 amide bonds. The van der Waals surface area contributed by atoms with E-state index in [9.17, 15) is 9.59 Å². The monoisotopic (exact) mass is 1360 g/mol. The summed E-state index contributed by atoms with van der Waals surface area (Å²) >= 11 is 15.3. The molecule has 0 fully saturated rings. The molecule has 0 saturated carbocycles. The summed E-state index contributed by atoms with van der Waals surface area (Å²) in [6, 6.07) is 56.0. The second-order valence-electron chi connectivity index (χ2n) is 27.8. The maximum Gasteiger partial charge on any atom is 0.316 e. The van der Waals surface area contributed by atoms with Crippen LogP contribution in [0.5, 0.6) is 5.75 Å². The average molecular weight is 1360 g/mol. The van der Waals surface area contributed by atoms with Crippen molar-refractivity contribution < 1.29 is 14.7 Å². The number of rotatable bonds is 6. The molecule has 6 aromatic carbocycles. The highest BCUT2D eigenvalue weighted by atomic mass is 32.9. The van der Waals surface area contributed by atoms with E-state index in [0.29, 0.717) is 10.4 Å². The van der Waals surface area contributed by atoms with Crippen molar-refractivity contribution >= 4 is 114 Å². The zero-order chi connectivity index (χ0) is 66.9. The minimum Gasteiger partial charge on any atom is -0.426 e. The highest BCUT2D eigenvalue weighted by Gasteiger charge is 2.24. The summed E-state index contributed by atoms with van der Waals surface area (Å²) in [5.41, 5.74) is 14.4. The van der Waals surface area contributed by atoms with Gasteiger partial charge in [-0.1, -0.05) is 336 Å². The quantitative estimate of drug-likeness (QED) is 0.0338. The van der Waals surface area contributed by atoms with E-state index in [-0.39, 0.29) is 37.8 Å². The lowest BCUT2D eigenvalue weighted by molar-refractivity contribution is -0.143. The molecule has 9 aromatic rings. The van der Waals surface area contributed by atoms with Gasteiger partial charge >= 0.3 is 5.97 Å². The van der Waals surface area contributed by atoms with E-state index in [1.54, 1.807) is 59.6 Å². The summed E-state index contributed by atoms with van der Waals surface area (Å²) in [6.45, 7) is 44.7. The van der Waals surface area contributed by atoms with Crippen LogP contribution in [0.2, 0.25) is 0 Å². The Morgan fingerprint density at radius 3 is 1.00 bits per heavy atom. The van der Waals surface area contributed by atoms with Gasteiger partial charge in [0.15, 0.2) is 4.67 Å². The zero-order valence-corrected chi connectivity index (χ0v) is 63.2. The van der Waals surface area contributed by atoms with Gasteiger partial charge in [-0.25, -0.2) is 0 Å². The number of carbonyl (C=O) groups excluding carboxylic acids is 1. The first kappa shape index (κ1) is 76.2. The highest BCUT2D eigenvalue weighted by molar-refractivity contribution is 7.81. The molecule has 1 N–H and O–H groups in total. The maximum absolute atomic E-state index is 11.6. The van der Waals surface area contributed by atoms with Crippen molar-refractivity contribution in [1.82, 2.24) is 0 Å². The van der Waals surface area contributed by atoms with Crippen molar-refractivity contribution in [3.05, 3.63) is 226 Å². The van der Waals surface area contributed by atoms with Crippen LogP contribution in [-0.4, -0.2) is 20.9 Å². The SMILES string of the molecule is CC(=S)c1ccc(C(C)(C)C)cc1.CC(=S)c1ccc(OC(=O)C(C)(C)C)cc1.CC(C)(C)c1ccc(-c2c/c(=N\O)ss2)cc1.CC(C)(C)c1ccc(-c2cc(=O)ss2)cc1.CC(C)(C)c1ccc(-c2cc(=S)ss2)cc1.Cc1ccc(C(C)(C)C)cc1. The van der Waals surface area contributed by atoms with Crippen LogP contribution >= 0.6 is 98.7 Å². The van der Waals surface area contributed by atoms with Crippen molar-refractivity contribution in [1.29, 1.82) is 0 Å². The number of thiocarbonyl (C=S) groups is 2. The number of esters is 1. The normalized spacial score (nSPS) is 11.8. The fourth-order valence-corrected chi connectivity index (χ4v) is 14.5. The molecule has 0 radical (unpaired) electrons. The summed E-state index contributed by atoms with van der Waals surface area (Å²) in [7, 11) is 9.37. The molecule has 0 aliphatic carbocycles. The molecule has 0 aliphatic rings. The fourth-order valence-electron chi connectivity index (χ4n) is 7.85. The Balaban J connectivity index is 0.000000229. The molecule has 5 nitrogen and oxygen atoms in total. The van der Waals surface area contributed by atoms with Crippen LogP contribution in [0.4, 0.5) is 0 Å². The smallest absolute Gasteiger partial charge is 0.316 e. The van der Waals surface area contributed by atoms with Gasteiger partial charge < -0.3 is 9.94 Å². The van der Waals surface area contributed by atoms with Crippen LogP contribution in [0.3, 0.4) is 0 Å². The third-order valence-corrected chi connectivity index (χ3v) is 21.6. The second kappa shape index (κ2) is 33.4. The molecule has 9 rings (SSSR count). The van der Waals surface area contributed by atoms with Gasteiger partial charge in [-0.3, -0.25) is 9.59 Å². The number of benzene rings is 6. The predicted octanol–water partition coefficient (Wildman–Crippen LogP) is 24.1. The van der Waals surface area contributed by atoms with Crippen molar-refractivity contribution in [2.24, 2.45) is 10.6 Å². The van der Waals surface area contributed by atoms with E-state index >= 15 is 0 Å². The lowest BCUT2D eigenvalue weighted by Gasteiger charge is -2.18. The topological polar surface area (TPSA) is 76.0 Å². The van der Waals surface area contributed by atoms with Gasteiger partial charge in [-0.15, -0.1) is 0 Å². The first-order valence-corrected chi connectivity index (χ1v) is 37.2. The molecule has 474 valence electrons. The minimum atomic E-state index is -0.487. The Hall–Kier alpha value is -5.26. The van der Waals surface area contributed by atoms with Crippen molar-refractivity contribution in [3.8, 4) is 37.1 Å². The van der Waals surface area contributed by atoms with Gasteiger partial charge in [0.25, 0.3) is 0 Å². The molecule has 0 aliphatic heterocycles. The number of hydrogen-bond donors (Lipinski definition) is 1. The standard InChI is InChI=1S/C13H15NOS2.C13H16O2S.C13H14OS2.C13H14S3.C12H16S.C11H16/c1-13(2,3)10-6-4-9(5-7-10)11-8-12(14-15)17-16-11;1-9(16)10-5-7-11(8-6-10)15-12(14)13(2,3)4;2*1-13(2,3)10-6-4-9(5-7-10)11-8-12(14)16-15-11;1-9(13)10-5-7-11(8-6-10)12(2,3)4;1-9-5-7-10(8-6-9)11(2,3)4/h4-8,15H,1-3H3;5-8H,1-4H3;2*4-8H,1-3H3;5-8H,1-4H3;5-8H,1-4H3/b14-12+;;;;;. The Labute approximate surface area is 570 Å². The number of hydrogen-bond acceptors (Lipinski definition) is 14. The first-order valence-electron chi connectivity index (χ1n) is 29.5. The molecular formula is C75H91NO4S9. The Morgan fingerprint density at radius 1 is 0.416 bits per heavy atom. The predicted molar refractivity (Wildman–Crippen MR) is 405 cm³/mol. The molecule has 3 heterocycles. The van der Waals surface area contributed by atoms with Crippen LogP contribution in [0.1, 0.15) is 183 Å². The fraction of sp³-hybridized carbons (Fsp3) is 0.360. The summed E-state index contributed by atoms with van der Waals surface area (Å²) in [6.07, 6.45) is 0. The largest absolute Gasteiger partial charge is 0.426 e. The van der Waals surface area contributed by atoms with Gasteiger partial charge in [0.1, 0.15) is 9.57 Å². The summed E-state index contributed by atoms with van der Waals surface area (Å²) in [5.74, 6) is 0.319.